The molecular formula is C36H58N2O10. The van der Waals surface area contributed by atoms with Crippen molar-refractivity contribution < 1.29 is 48.7 Å². The topological polar surface area (TPSA) is 159 Å². The van der Waals surface area contributed by atoms with Gasteiger partial charge in [0.15, 0.2) is 11.7 Å². The van der Waals surface area contributed by atoms with Crippen molar-refractivity contribution in [1.82, 2.24) is 9.80 Å². The van der Waals surface area contributed by atoms with Crippen molar-refractivity contribution in [3.05, 3.63) is 36.0 Å². The third-order valence-electron chi connectivity index (χ3n) is 9.72. The van der Waals surface area contributed by atoms with Crippen molar-refractivity contribution in [1.29, 1.82) is 0 Å². The summed E-state index contributed by atoms with van der Waals surface area (Å²) in [5, 5.41) is 32.0. The van der Waals surface area contributed by atoms with Crippen LogP contribution in [0.15, 0.2) is 36.0 Å². The molecule has 0 radical (unpaired) electrons. The van der Waals surface area contributed by atoms with Gasteiger partial charge >= 0.3 is 18.0 Å². The average molecular weight is 679 g/mol. The van der Waals surface area contributed by atoms with E-state index in [0.29, 0.717) is 44.6 Å². The Balaban J connectivity index is 1.80. The highest BCUT2D eigenvalue weighted by molar-refractivity contribution is 5.71. The largest absolute Gasteiger partial charge is 0.457 e. The Bertz CT molecular complexity index is 1190. The summed E-state index contributed by atoms with van der Waals surface area (Å²) in [6, 6.07) is 0. The smallest absolute Gasteiger partial charge is 0.410 e. The van der Waals surface area contributed by atoms with Gasteiger partial charge in [-0.3, -0.25) is 9.59 Å². The van der Waals surface area contributed by atoms with Crippen LogP contribution in [0.25, 0.3) is 0 Å². The number of carbonyl (C=O) groups is 3. The maximum absolute atomic E-state index is 13.3. The zero-order valence-corrected chi connectivity index (χ0v) is 30.0. The molecule has 3 aliphatic heterocycles. The number of hydrogen-bond acceptors (Lipinski definition) is 11. The first-order valence-electron chi connectivity index (χ1n) is 17.3. The normalized spacial score (nSPS) is 34.2. The molecule has 0 aromatic heterocycles. The number of amides is 1. The van der Waals surface area contributed by atoms with Crippen molar-refractivity contribution in [2.45, 2.75) is 128 Å². The van der Waals surface area contributed by atoms with Crippen molar-refractivity contribution in [3.8, 4) is 0 Å². The second kappa shape index (κ2) is 17.2. The minimum absolute atomic E-state index is 0.0203. The van der Waals surface area contributed by atoms with Gasteiger partial charge in [-0.1, -0.05) is 45.1 Å². The van der Waals surface area contributed by atoms with E-state index in [-0.39, 0.29) is 37.4 Å². The second-order valence-electron chi connectivity index (χ2n) is 14.4. The van der Waals surface area contributed by atoms with E-state index in [0.717, 1.165) is 0 Å². The Labute approximate surface area is 285 Å². The molecule has 0 bridgehead atoms. The lowest BCUT2D eigenvalue weighted by Crippen LogP contribution is -2.52. The summed E-state index contributed by atoms with van der Waals surface area (Å²) in [7, 11) is 1.98. The van der Waals surface area contributed by atoms with E-state index in [2.05, 4.69) is 4.90 Å². The predicted octanol–water partition coefficient (Wildman–Crippen LogP) is 3.53. The summed E-state index contributed by atoms with van der Waals surface area (Å²) in [4.78, 5) is 42.2. The summed E-state index contributed by atoms with van der Waals surface area (Å²) in [5.74, 6) is -1.56. The Hall–Kier alpha value is -2.77. The van der Waals surface area contributed by atoms with E-state index in [1.165, 1.54) is 6.92 Å². The maximum atomic E-state index is 13.3. The van der Waals surface area contributed by atoms with Crippen LogP contribution in [-0.2, 0) is 28.5 Å². The SMILES string of the molecule is CCC(O)C(C)C1OC1CC(C)(O)/C=C/C=C(\C)C1OC(=O)CC(O)CCC(C)(OC(=O)N2CCN(C)CC2)C(OC(C)=O)/C=C/C1C. The van der Waals surface area contributed by atoms with Gasteiger partial charge in [0.25, 0.3) is 0 Å². The number of epoxide rings is 1. The molecule has 2 fully saturated rings. The lowest BCUT2D eigenvalue weighted by molar-refractivity contribution is -0.158. The monoisotopic (exact) mass is 678 g/mol. The predicted molar refractivity (Wildman–Crippen MR) is 180 cm³/mol. The van der Waals surface area contributed by atoms with E-state index in [9.17, 15) is 29.7 Å². The molecule has 10 unspecified atom stereocenters. The Kier molecular flexibility index (Phi) is 14.3. The molecule has 3 N–H and O–H groups in total. The maximum Gasteiger partial charge on any atom is 0.410 e. The minimum Gasteiger partial charge on any atom is -0.457 e. The zero-order chi connectivity index (χ0) is 35.8. The molecule has 3 rings (SSSR count). The van der Waals surface area contributed by atoms with E-state index < -0.39 is 59.6 Å². The Morgan fingerprint density at radius 3 is 2.50 bits per heavy atom. The molecule has 0 aromatic rings. The number of aliphatic hydroxyl groups excluding tert-OH is 2. The number of cyclic esters (lactones) is 1. The van der Waals surface area contributed by atoms with E-state index in [1.54, 1.807) is 49.1 Å². The highest BCUT2D eigenvalue weighted by atomic mass is 16.6. The molecule has 12 heteroatoms. The van der Waals surface area contributed by atoms with Gasteiger partial charge in [-0.15, -0.1) is 0 Å². The summed E-state index contributed by atoms with van der Waals surface area (Å²) in [5.41, 5.74) is -1.81. The van der Waals surface area contributed by atoms with Crippen molar-refractivity contribution in [2.24, 2.45) is 11.8 Å². The number of carbonyl (C=O) groups excluding carboxylic acids is 3. The van der Waals surface area contributed by atoms with Crippen molar-refractivity contribution >= 4 is 18.0 Å². The molecule has 272 valence electrons. The first kappa shape index (κ1) is 39.7. The molecule has 3 heterocycles. The third kappa shape index (κ3) is 11.7. The first-order chi connectivity index (χ1) is 22.4. The highest BCUT2D eigenvalue weighted by Gasteiger charge is 2.47. The number of nitrogens with zero attached hydrogens (tertiary/aromatic N) is 2. The van der Waals surface area contributed by atoms with E-state index >= 15 is 0 Å². The summed E-state index contributed by atoms with van der Waals surface area (Å²) in [6.45, 7) is 14.6. The third-order valence-corrected chi connectivity index (χ3v) is 9.72. The number of rotatable bonds is 10. The fourth-order valence-electron chi connectivity index (χ4n) is 6.33. The fraction of sp³-hybridized carbons (Fsp3) is 0.750. The number of aliphatic hydroxyl groups is 3. The van der Waals surface area contributed by atoms with Crippen LogP contribution >= 0.6 is 0 Å². The molecule has 1 amide bonds. The Morgan fingerprint density at radius 2 is 1.88 bits per heavy atom. The van der Waals surface area contributed by atoms with Crippen molar-refractivity contribution in [2.75, 3.05) is 33.2 Å². The molecule has 0 spiro atoms. The van der Waals surface area contributed by atoms with E-state index in [1.807, 2.05) is 34.7 Å². The second-order valence-corrected chi connectivity index (χ2v) is 14.4. The van der Waals surface area contributed by atoms with Gasteiger partial charge in [-0.25, -0.2) is 4.79 Å². The molecule has 10 atom stereocenters. The molecule has 0 aromatic carbocycles. The van der Waals surface area contributed by atoms with Gasteiger partial charge in [0.2, 0.25) is 0 Å². The standard InChI is InChI=1S/C36H58N2O10/c1-9-28(41)25(4)33-29(46-33)22-35(6,44)15-10-11-23(2)32-24(3)12-13-30(45-26(5)39)36(7,16-14-27(40)21-31(42)47-32)48-34(43)38-19-17-37(8)18-20-38/h10-13,15,24-25,27-30,32-33,40-41,44H,9,14,16-22H2,1-8H3/b13-12+,15-10+,23-11+. The van der Waals surface area contributed by atoms with Crippen LogP contribution in [0.4, 0.5) is 4.79 Å². The summed E-state index contributed by atoms with van der Waals surface area (Å²) in [6.07, 6.45) is 5.55. The van der Waals surface area contributed by atoms with Crippen LogP contribution in [0.5, 0.6) is 0 Å². The van der Waals surface area contributed by atoms with Gasteiger partial charge in [-0.05, 0) is 58.7 Å². The summed E-state index contributed by atoms with van der Waals surface area (Å²) >= 11 is 0. The molecule has 12 nitrogen and oxygen atoms in total. The minimum atomic E-state index is -1.32. The number of ether oxygens (including phenoxy) is 4. The van der Waals surface area contributed by atoms with Crippen LogP contribution in [-0.4, -0.2) is 124 Å². The Morgan fingerprint density at radius 1 is 1.21 bits per heavy atom. The molecule has 0 aliphatic carbocycles. The van der Waals surface area contributed by atoms with Gasteiger partial charge in [-0.2, -0.15) is 0 Å². The van der Waals surface area contributed by atoms with Crippen LogP contribution in [0.1, 0.15) is 80.6 Å². The number of hydrogen-bond donors (Lipinski definition) is 3. The first-order valence-corrected chi connectivity index (χ1v) is 17.3. The molecule has 48 heavy (non-hydrogen) atoms. The molecular weight excluding hydrogens is 620 g/mol. The van der Waals surface area contributed by atoms with Crippen LogP contribution in [0.2, 0.25) is 0 Å². The van der Waals surface area contributed by atoms with Crippen molar-refractivity contribution in [3.63, 3.8) is 0 Å². The number of piperazine rings is 1. The average Bonchev–Trinajstić information content (AvgIpc) is 3.77. The quantitative estimate of drug-likeness (QED) is 0.102. The van der Waals surface area contributed by atoms with Gasteiger partial charge in [0.05, 0.1) is 36.4 Å². The lowest BCUT2D eigenvalue weighted by atomic mass is 9.88. The lowest BCUT2D eigenvalue weighted by Gasteiger charge is -2.39. The van der Waals surface area contributed by atoms with Gasteiger partial charge < -0.3 is 44.1 Å². The zero-order valence-electron chi connectivity index (χ0n) is 30.0. The molecule has 3 aliphatic rings. The fourth-order valence-corrected chi connectivity index (χ4v) is 6.33. The van der Waals surface area contributed by atoms with E-state index in [4.69, 9.17) is 18.9 Å². The van der Waals surface area contributed by atoms with Crippen LogP contribution in [0, 0.1) is 11.8 Å². The number of esters is 2. The summed E-state index contributed by atoms with van der Waals surface area (Å²) < 4.78 is 23.4. The van der Waals surface area contributed by atoms with Gasteiger partial charge in [0.1, 0.15) is 6.10 Å². The highest BCUT2D eigenvalue weighted by Crippen LogP contribution is 2.38. The molecule has 0 saturated carbocycles. The number of allylic oxidation sites excluding steroid dienone is 2. The van der Waals surface area contributed by atoms with Gasteiger partial charge in [0, 0.05) is 51.4 Å². The van der Waals surface area contributed by atoms with Crippen LogP contribution in [0.3, 0.4) is 0 Å². The number of likely N-dealkylation sites (N-methyl/N-ethyl adjacent to an activating group) is 1. The molecule has 2 saturated heterocycles. The van der Waals surface area contributed by atoms with Crippen LogP contribution < -0.4 is 0 Å².